The zero-order chi connectivity index (χ0) is 8.54. The van der Waals surface area contributed by atoms with Crippen molar-refractivity contribution >= 4 is 0 Å². The number of halogens is 1. The summed E-state index contributed by atoms with van der Waals surface area (Å²) < 4.78 is 18.7. The van der Waals surface area contributed by atoms with Gasteiger partial charge in [-0.3, -0.25) is 0 Å². The van der Waals surface area contributed by atoms with Crippen LogP contribution in [-0.4, -0.2) is 18.9 Å². The van der Waals surface area contributed by atoms with Gasteiger partial charge in [0.2, 0.25) is 0 Å². The second-order valence-corrected chi connectivity index (χ2v) is 4.69. The number of alkyl halides is 1. The summed E-state index contributed by atoms with van der Waals surface area (Å²) in [6, 6.07) is 0. The quantitative estimate of drug-likeness (QED) is 0.572. The summed E-state index contributed by atoms with van der Waals surface area (Å²) in [6.07, 6.45) is 1.18. The van der Waals surface area contributed by atoms with Crippen LogP contribution in [0.25, 0.3) is 0 Å². The van der Waals surface area contributed by atoms with Crippen molar-refractivity contribution in [1.29, 1.82) is 0 Å². The van der Waals surface area contributed by atoms with Crippen molar-refractivity contribution in [1.82, 2.24) is 0 Å². The van der Waals surface area contributed by atoms with Gasteiger partial charge < -0.3 is 4.74 Å². The van der Waals surface area contributed by atoms with E-state index >= 15 is 0 Å². The minimum absolute atomic E-state index is 0.0719. The molecule has 66 valence electrons. The van der Waals surface area contributed by atoms with E-state index in [2.05, 4.69) is 20.8 Å². The average molecular weight is 160 g/mol. The monoisotopic (exact) mass is 160 g/mol. The molecule has 0 spiro atoms. The Labute approximate surface area is 67.9 Å². The molecule has 1 unspecified atom stereocenters. The summed E-state index contributed by atoms with van der Waals surface area (Å²) in [5.41, 5.74) is -0.972. The van der Waals surface area contributed by atoms with Crippen LogP contribution < -0.4 is 0 Å². The number of hydrogen-bond acceptors (Lipinski definition) is 1. The summed E-state index contributed by atoms with van der Waals surface area (Å²) in [4.78, 5) is 0. The Hall–Kier alpha value is -0.110. The van der Waals surface area contributed by atoms with Crippen LogP contribution in [0.3, 0.4) is 0 Å². The first-order valence-corrected chi connectivity index (χ1v) is 4.18. The zero-order valence-corrected chi connectivity index (χ0v) is 7.61. The largest absolute Gasteiger partial charge is 0.378 e. The second-order valence-electron chi connectivity index (χ2n) is 4.69. The fraction of sp³-hybridized carbons (Fsp3) is 1.00. The van der Waals surface area contributed by atoms with Crippen LogP contribution in [0, 0.1) is 5.41 Å². The van der Waals surface area contributed by atoms with Crippen molar-refractivity contribution in [3.63, 3.8) is 0 Å². The first-order valence-electron chi connectivity index (χ1n) is 4.18. The van der Waals surface area contributed by atoms with Gasteiger partial charge in [0.05, 0.1) is 6.61 Å². The molecule has 1 saturated heterocycles. The first-order chi connectivity index (χ1) is 4.91. The number of rotatable bonds is 1. The first kappa shape index (κ1) is 8.98. The van der Waals surface area contributed by atoms with E-state index in [9.17, 15) is 4.39 Å². The standard InChI is InChI=1S/C9H17FO/c1-8(2,3)6-9(10)4-5-11-7-9/h4-7H2,1-3H3. The number of ether oxygens (including phenoxy) is 1. The maximum Gasteiger partial charge on any atom is 0.136 e. The van der Waals surface area contributed by atoms with Gasteiger partial charge in [0.1, 0.15) is 5.67 Å². The van der Waals surface area contributed by atoms with E-state index in [1.54, 1.807) is 0 Å². The highest BCUT2D eigenvalue weighted by Crippen LogP contribution is 2.35. The topological polar surface area (TPSA) is 9.23 Å². The Kier molecular flexibility index (Phi) is 2.24. The molecule has 0 aliphatic carbocycles. The molecule has 0 saturated carbocycles. The maximum atomic E-state index is 13.7. The predicted octanol–water partition coefficient (Wildman–Crippen LogP) is 2.55. The third-order valence-electron chi connectivity index (χ3n) is 1.90. The average Bonchev–Trinajstić information content (AvgIpc) is 2.09. The van der Waals surface area contributed by atoms with Crippen LogP contribution in [0.2, 0.25) is 0 Å². The fourth-order valence-corrected chi connectivity index (χ4v) is 1.67. The van der Waals surface area contributed by atoms with Crippen molar-refractivity contribution in [3.8, 4) is 0 Å². The van der Waals surface area contributed by atoms with Gasteiger partial charge in [-0.05, 0) is 11.8 Å². The van der Waals surface area contributed by atoms with E-state index in [0.717, 1.165) is 0 Å². The van der Waals surface area contributed by atoms with Gasteiger partial charge >= 0.3 is 0 Å². The number of hydrogen-bond donors (Lipinski definition) is 0. The molecular weight excluding hydrogens is 143 g/mol. The van der Waals surface area contributed by atoms with Gasteiger partial charge in [-0.15, -0.1) is 0 Å². The Morgan fingerprint density at radius 1 is 1.45 bits per heavy atom. The molecule has 1 fully saturated rings. The van der Waals surface area contributed by atoms with E-state index < -0.39 is 5.67 Å². The molecule has 1 aliphatic heterocycles. The van der Waals surface area contributed by atoms with Crippen LogP contribution >= 0.6 is 0 Å². The van der Waals surface area contributed by atoms with Gasteiger partial charge in [-0.1, -0.05) is 20.8 Å². The minimum Gasteiger partial charge on any atom is -0.378 e. The van der Waals surface area contributed by atoms with Crippen LogP contribution in [0.15, 0.2) is 0 Å². The molecule has 2 heteroatoms. The minimum atomic E-state index is -1.04. The lowest BCUT2D eigenvalue weighted by atomic mass is 9.82. The fourth-order valence-electron chi connectivity index (χ4n) is 1.67. The maximum absolute atomic E-state index is 13.7. The Morgan fingerprint density at radius 2 is 2.09 bits per heavy atom. The molecule has 0 N–H and O–H groups in total. The molecule has 0 amide bonds. The lowest BCUT2D eigenvalue weighted by Crippen LogP contribution is -2.29. The van der Waals surface area contributed by atoms with E-state index in [4.69, 9.17) is 4.74 Å². The van der Waals surface area contributed by atoms with E-state index in [1.165, 1.54) is 0 Å². The van der Waals surface area contributed by atoms with Gasteiger partial charge in [-0.25, -0.2) is 4.39 Å². The summed E-state index contributed by atoms with van der Waals surface area (Å²) in [5.74, 6) is 0. The van der Waals surface area contributed by atoms with E-state index in [1.807, 2.05) is 0 Å². The Balaban J connectivity index is 2.46. The lowest BCUT2D eigenvalue weighted by Gasteiger charge is -2.27. The third-order valence-corrected chi connectivity index (χ3v) is 1.90. The third kappa shape index (κ3) is 2.78. The van der Waals surface area contributed by atoms with E-state index in [0.29, 0.717) is 26.1 Å². The molecular formula is C9H17FO. The van der Waals surface area contributed by atoms with Crippen LogP contribution in [0.1, 0.15) is 33.6 Å². The molecule has 0 radical (unpaired) electrons. The highest BCUT2D eigenvalue weighted by atomic mass is 19.1. The van der Waals surface area contributed by atoms with Crippen molar-refractivity contribution in [2.24, 2.45) is 5.41 Å². The molecule has 0 bridgehead atoms. The van der Waals surface area contributed by atoms with Crippen molar-refractivity contribution in [2.75, 3.05) is 13.2 Å². The van der Waals surface area contributed by atoms with Gasteiger partial charge in [-0.2, -0.15) is 0 Å². The van der Waals surface area contributed by atoms with Gasteiger partial charge in [0, 0.05) is 13.0 Å². The highest BCUT2D eigenvalue weighted by molar-refractivity contribution is 4.87. The van der Waals surface area contributed by atoms with E-state index in [-0.39, 0.29) is 5.41 Å². The summed E-state index contributed by atoms with van der Waals surface area (Å²) in [5, 5.41) is 0. The lowest BCUT2D eigenvalue weighted by molar-refractivity contribution is 0.0738. The van der Waals surface area contributed by atoms with Crippen LogP contribution in [0.4, 0.5) is 4.39 Å². The van der Waals surface area contributed by atoms with Crippen molar-refractivity contribution in [2.45, 2.75) is 39.3 Å². The SMILES string of the molecule is CC(C)(C)CC1(F)CCOC1. The molecule has 1 rings (SSSR count). The zero-order valence-electron chi connectivity index (χ0n) is 7.61. The molecule has 0 aromatic rings. The Bertz CT molecular complexity index is 131. The van der Waals surface area contributed by atoms with Crippen LogP contribution in [0.5, 0.6) is 0 Å². The highest BCUT2D eigenvalue weighted by Gasteiger charge is 2.38. The molecule has 11 heavy (non-hydrogen) atoms. The second kappa shape index (κ2) is 2.74. The predicted molar refractivity (Wildman–Crippen MR) is 43.3 cm³/mol. The van der Waals surface area contributed by atoms with Gasteiger partial charge in [0.15, 0.2) is 0 Å². The van der Waals surface area contributed by atoms with Gasteiger partial charge in [0.25, 0.3) is 0 Å². The molecule has 1 heterocycles. The summed E-state index contributed by atoms with van der Waals surface area (Å²) >= 11 is 0. The van der Waals surface area contributed by atoms with Crippen molar-refractivity contribution < 1.29 is 9.13 Å². The smallest absolute Gasteiger partial charge is 0.136 e. The van der Waals surface area contributed by atoms with Crippen LogP contribution in [-0.2, 0) is 4.74 Å². The summed E-state index contributed by atoms with van der Waals surface area (Å²) in [7, 11) is 0. The molecule has 1 aliphatic rings. The molecule has 1 atom stereocenters. The summed E-state index contributed by atoms with van der Waals surface area (Å²) in [6.45, 7) is 7.07. The molecule has 0 aromatic carbocycles. The molecule has 0 aromatic heterocycles. The molecule has 1 nitrogen and oxygen atoms in total. The normalized spacial score (nSPS) is 32.7. The Morgan fingerprint density at radius 3 is 2.45 bits per heavy atom. The van der Waals surface area contributed by atoms with Crippen molar-refractivity contribution in [3.05, 3.63) is 0 Å².